The van der Waals surface area contributed by atoms with E-state index < -0.39 is 0 Å². The molecule has 1 amide bonds. The minimum Gasteiger partial charge on any atom is -0.396 e. The van der Waals surface area contributed by atoms with Crippen molar-refractivity contribution in [2.75, 3.05) is 19.7 Å². The molecular weight excluding hydrogens is 204 g/mol. The van der Waals surface area contributed by atoms with Crippen LogP contribution in [0.25, 0.3) is 0 Å². The van der Waals surface area contributed by atoms with E-state index in [-0.39, 0.29) is 12.5 Å². The smallest absolute Gasteiger partial charge is 0.242 e. The second kappa shape index (κ2) is 5.16. The molecule has 0 unspecified atom stereocenters. The number of aliphatic hydroxyl groups excluding tert-OH is 1. The highest BCUT2D eigenvalue weighted by atomic mass is 16.3. The molecule has 0 spiro atoms. The predicted octanol–water partition coefficient (Wildman–Crippen LogP) is 0.719. The Balaban J connectivity index is 1.82. The zero-order valence-corrected chi connectivity index (χ0v) is 9.38. The first-order valence-corrected chi connectivity index (χ1v) is 5.79. The third-order valence-electron chi connectivity index (χ3n) is 3.21. The standard InChI is InChI=1S/C12H18N2O2/c15-10-11-3-7-14(8-4-11)12(16)9-13-5-1-2-6-13/h1-2,5-6,11,15H,3-4,7-10H2. The van der Waals surface area contributed by atoms with Crippen molar-refractivity contribution in [1.82, 2.24) is 9.47 Å². The van der Waals surface area contributed by atoms with Gasteiger partial charge in [0.25, 0.3) is 0 Å². The summed E-state index contributed by atoms with van der Waals surface area (Å²) in [6.45, 7) is 2.24. The Morgan fingerprint density at radius 2 is 1.88 bits per heavy atom. The summed E-state index contributed by atoms with van der Waals surface area (Å²) in [6.07, 6.45) is 5.65. The molecule has 0 aromatic carbocycles. The number of likely N-dealkylation sites (tertiary alicyclic amines) is 1. The van der Waals surface area contributed by atoms with Gasteiger partial charge in [-0.1, -0.05) is 0 Å². The number of amides is 1. The van der Waals surface area contributed by atoms with Crippen molar-refractivity contribution >= 4 is 5.91 Å². The van der Waals surface area contributed by atoms with Gasteiger partial charge in [-0.2, -0.15) is 0 Å². The van der Waals surface area contributed by atoms with Gasteiger partial charge in [0.2, 0.25) is 5.91 Å². The fourth-order valence-electron chi connectivity index (χ4n) is 2.10. The molecule has 2 rings (SSSR count). The van der Waals surface area contributed by atoms with Crippen LogP contribution in [0.2, 0.25) is 0 Å². The number of hydrogen-bond acceptors (Lipinski definition) is 2. The highest BCUT2D eigenvalue weighted by Crippen LogP contribution is 2.16. The van der Waals surface area contributed by atoms with Crippen molar-refractivity contribution < 1.29 is 9.90 Å². The van der Waals surface area contributed by atoms with Crippen LogP contribution >= 0.6 is 0 Å². The molecule has 1 aromatic heterocycles. The molecule has 0 radical (unpaired) electrons. The summed E-state index contributed by atoms with van der Waals surface area (Å²) in [6, 6.07) is 3.84. The number of nitrogens with zero attached hydrogens (tertiary/aromatic N) is 2. The zero-order valence-electron chi connectivity index (χ0n) is 9.38. The van der Waals surface area contributed by atoms with Crippen LogP contribution in [0.4, 0.5) is 0 Å². The summed E-state index contributed by atoms with van der Waals surface area (Å²) in [4.78, 5) is 13.8. The maximum Gasteiger partial charge on any atom is 0.242 e. The number of rotatable bonds is 3. The van der Waals surface area contributed by atoms with Crippen LogP contribution in [0.3, 0.4) is 0 Å². The van der Waals surface area contributed by atoms with E-state index in [2.05, 4.69) is 0 Å². The minimum atomic E-state index is 0.174. The molecule has 1 N–H and O–H groups in total. The summed E-state index contributed by atoms with van der Waals surface area (Å²) in [5.41, 5.74) is 0. The highest BCUT2D eigenvalue weighted by molar-refractivity contribution is 5.76. The van der Waals surface area contributed by atoms with Crippen LogP contribution in [0, 0.1) is 5.92 Å². The van der Waals surface area contributed by atoms with Crippen LogP contribution in [-0.4, -0.2) is 40.2 Å². The summed E-state index contributed by atoms with van der Waals surface area (Å²) in [5, 5.41) is 9.02. The average molecular weight is 222 g/mol. The lowest BCUT2D eigenvalue weighted by molar-refractivity contribution is -0.133. The van der Waals surface area contributed by atoms with E-state index in [1.807, 2.05) is 34.0 Å². The zero-order chi connectivity index (χ0) is 11.4. The second-order valence-corrected chi connectivity index (χ2v) is 4.36. The van der Waals surface area contributed by atoms with Gasteiger partial charge in [0, 0.05) is 32.1 Å². The molecule has 0 aliphatic carbocycles. The third kappa shape index (κ3) is 2.64. The van der Waals surface area contributed by atoms with Crippen LogP contribution < -0.4 is 0 Å². The number of aliphatic hydroxyl groups is 1. The molecule has 0 saturated carbocycles. The summed E-state index contributed by atoms with van der Waals surface area (Å²) in [5.74, 6) is 0.559. The van der Waals surface area contributed by atoms with Gasteiger partial charge < -0.3 is 14.6 Å². The molecular formula is C12H18N2O2. The van der Waals surface area contributed by atoms with E-state index in [1.165, 1.54) is 0 Å². The number of piperidine rings is 1. The maximum absolute atomic E-state index is 11.9. The van der Waals surface area contributed by atoms with Crippen molar-refractivity contribution in [3.05, 3.63) is 24.5 Å². The lowest BCUT2D eigenvalue weighted by atomic mass is 9.98. The molecule has 0 atom stereocenters. The van der Waals surface area contributed by atoms with Crippen molar-refractivity contribution in [2.24, 2.45) is 5.92 Å². The normalized spacial score (nSPS) is 17.7. The van der Waals surface area contributed by atoms with Gasteiger partial charge in [0.1, 0.15) is 6.54 Å². The SMILES string of the molecule is O=C(Cn1cccc1)N1CCC(CO)CC1. The van der Waals surface area contributed by atoms with E-state index in [0.717, 1.165) is 25.9 Å². The first-order chi connectivity index (χ1) is 7.79. The molecule has 1 saturated heterocycles. The van der Waals surface area contributed by atoms with Crippen molar-refractivity contribution in [3.8, 4) is 0 Å². The summed E-state index contributed by atoms with van der Waals surface area (Å²) in [7, 11) is 0. The Morgan fingerprint density at radius 1 is 1.25 bits per heavy atom. The molecule has 1 aliphatic heterocycles. The van der Waals surface area contributed by atoms with Crippen LogP contribution in [0.15, 0.2) is 24.5 Å². The van der Waals surface area contributed by atoms with Gasteiger partial charge >= 0.3 is 0 Å². The Hall–Kier alpha value is -1.29. The van der Waals surface area contributed by atoms with Gasteiger partial charge in [0.05, 0.1) is 0 Å². The minimum absolute atomic E-state index is 0.174. The van der Waals surface area contributed by atoms with E-state index in [9.17, 15) is 4.79 Å². The lowest BCUT2D eigenvalue weighted by Gasteiger charge is -2.31. The largest absolute Gasteiger partial charge is 0.396 e. The van der Waals surface area contributed by atoms with Crippen molar-refractivity contribution in [3.63, 3.8) is 0 Å². The first kappa shape index (κ1) is 11.2. The van der Waals surface area contributed by atoms with Gasteiger partial charge in [-0.25, -0.2) is 0 Å². The van der Waals surface area contributed by atoms with Crippen LogP contribution in [0.5, 0.6) is 0 Å². The molecule has 1 aliphatic rings. The van der Waals surface area contributed by atoms with Crippen molar-refractivity contribution in [1.29, 1.82) is 0 Å². The molecule has 1 fully saturated rings. The van der Waals surface area contributed by atoms with Gasteiger partial charge in [0.15, 0.2) is 0 Å². The lowest BCUT2D eigenvalue weighted by Crippen LogP contribution is -2.40. The van der Waals surface area contributed by atoms with Gasteiger partial charge in [-0.15, -0.1) is 0 Å². The molecule has 4 nitrogen and oxygen atoms in total. The predicted molar refractivity (Wildman–Crippen MR) is 60.8 cm³/mol. The average Bonchev–Trinajstić information content (AvgIpc) is 2.82. The molecule has 88 valence electrons. The van der Waals surface area contributed by atoms with E-state index in [4.69, 9.17) is 5.11 Å². The fraction of sp³-hybridized carbons (Fsp3) is 0.583. The number of hydrogen-bond donors (Lipinski definition) is 1. The Kier molecular flexibility index (Phi) is 3.62. The number of carbonyl (C=O) groups is 1. The molecule has 16 heavy (non-hydrogen) atoms. The van der Waals surface area contributed by atoms with E-state index in [1.54, 1.807) is 0 Å². The Morgan fingerprint density at radius 3 is 2.44 bits per heavy atom. The molecule has 2 heterocycles. The number of carbonyl (C=O) groups excluding carboxylic acids is 1. The second-order valence-electron chi connectivity index (χ2n) is 4.36. The monoisotopic (exact) mass is 222 g/mol. The molecule has 1 aromatic rings. The van der Waals surface area contributed by atoms with Gasteiger partial charge in [-0.05, 0) is 30.9 Å². The van der Waals surface area contributed by atoms with E-state index in [0.29, 0.717) is 12.5 Å². The van der Waals surface area contributed by atoms with Crippen LogP contribution in [0.1, 0.15) is 12.8 Å². The fourth-order valence-corrected chi connectivity index (χ4v) is 2.10. The summed E-state index contributed by atoms with van der Waals surface area (Å²) >= 11 is 0. The van der Waals surface area contributed by atoms with Crippen LogP contribution in [-0.2, 0) is 11.3 Å². The molecule has 4 heteroatoms. The summed E-state index contributed by atoms with van der Waals surface area (Å²) < 4.78 is 1.89. The Bertz CT molecular complexity index is 327. The third-order valence-corrected chi connectivity index (χ3v) is 3.21. The number of aromatic nitrogens is 1. The first-order valence-electron chi connectivity index (χ1n) is 5.79. The Labute approximate surface area is 95.5 Å². The topological polar surface area (TPSA) is 45.5 Å². The molecule has 0 bridgehead atoms. The van der Waals surface area contributed by atoms with Crippen molar-refractivity contribution in [2.45, 2.75) is 19.4 Å². The quantitative estimate of drug-likeness (QED) is 0.819. The van der Waals surface area contributed by atoms with Gasteiger partial charge in [-0.3, -0.25) is 4.79 Å². The highest BCUT2D eigenvalue weighted by Gasteiger charge is 2.21. The maximum atomic E-state index is 11.9. The van der Waals surface area contributed by atoms with E-state index >= 15 is 0 Å².